The van der Waals surface area contributed by atoms with Crippen molar-refractivity contribution in [1.29, 1.82) is 0 Å². The number of likely N-dealkylation sites (N-methyl/N-ethyl adjacent to an activating group) is 1. The zero-order chi connectivity index (χ0) is 20.9. The number of urea groups is 1. The summed E-state index contributed by atoms with van der Waals surface area (Å²) < 4.78 is 5.34. The van der Waals surface area contributed by atoms with Crippen LogP contribution in [0.5, 0.6) is 0 Å². The molecule has 3 aliphatic heterocycles. The minimum atomic E-state index is -0.589. The van der Waals surface area contributed by atoms with Crippen molar-refractivity contribution in [2.45, 2.75) is 33.0 Å². The number of carbonyl (C=O) groups excluding carboxylic acids is 2. The molecule has 8 nitrogen and oxygen atoms in total. The van der Waals surface area contributed by atoms with Gasteiger partial charge in [-0.2, -0.15) is 0 Å². The van der Waals surface area contributed by atoms with Crippen molar-refractivity contribution >= 4 is 35.2 Å². The van der Waals surface area contributed by atoms with Gasteiger partial charge in [0, 0.05) is 30.6 Å². The fraction of sp³-hybridized carbons (Fsp3) is 0.450. The second-order valence-electron chi connectivity index (χ2n) is 7.26. The summed E-state index contributed by atoms with van der Waals surface area (Å²) in [5.41, 5.74) is 2.76. The first-order valence-electron chi connectivity index (χ1n) is 9.62. The molecule has 1 aromatic rings. The fourth-order valence-electron chi connectivity index (χ4n) is 4.00. The molecule has 154 valence electrons. The Morgan fingerprint density at radius 1 is 1.24 bits per heavy atom. The minimum absolute atomic E-state index is 0.224. The Morgan fingerprint density at radius 2 is 2.00 bits per heavy atom. The summed E-state index contributed by atoms with van der Waals surface area (Å²) >= 11 is 6.32. The number of amides is 3. The van der Waals surface area contributed by atoms with Crippen LogP contribution >= 0.6 is 11.6 Å². The molecule has 0 spiro atoms. The van der Waals surface area contributed by atoms with E-state index in [1.807, 2.05) is 55.0 Å². The van der Waals surface area contributed by atoms with E-state index in [4.69, 9.17) is 21.3 Å². The molecule has 0 saturated carbocycles. The third-order valence-electron chi connectivity index (χ3n) is 5.53. The van der Waals surface area contributed by atoms with Gasteiger partial charge in [-0.05, 0) is 38.5 Å². The molecule has 2 atom stereocenters. The maximum absolute atomic E-state index is 13.2. The van der Waals surface area contributed by atoms with E-state index in [9.17, 15) is 9.59 Å². The Balaban J connectivity index is 1.68. The Kier molecular flexibility index (Phi) is 5.00. The standard InChI is InChI=1S/C20H24ClN5O3/c1-5-29-10-9-24-18(27)16-17(23(4)20(24)28)22-19-25(16)11-12(2)26(19)15-8-6-7-14(21)13(15)3/h6-8,11,16-17H,5,9-10H2,1-4H3. The molecule has 3 heterocycles. The number of allylic oxidation sites excluding steroid dienone is 1. The van der Waals surface area contributed by atoms with E-state index in [0.717, 1.165) is 16.9 Å². The van der Waals surface area contributed by atoms with Gasteiger partial charge in [-0.25, -0.2) is 9.79 Å². The summed E-state index contributed by atoms with van der Waals surface area (Å²) in [4.78, 5) is 37.3. The topological polar surface area (TPSA) is 68.7 Å². The van der Waals surface area contributed by atoms with Crippen LogP contribution < -0.4 is 4.90 Å². The van der Waals surface area contributed by atoms with Crippen LogP contribution in [0, 0.1) is 6.92 Å². The number of hydrogen-bond acceptors (Lipinski definition) is 6. The van der Waals surface area contributed by atoms with Crippen molar-refractivity contribution < 1.29 is 14.3 Å². The molecule has 0 aliphatic carbocycles. The van der Waals surface area contributed by atoms with E-state index < -0.39 is 12.2 Å². The molecule has 0 aromatic heterocycles. The molecule has 1 aromatic carbocycles. The van der Waals surface area contributed by atoms with Gasteiger partial charge < -0.3 is 14.5 Å². The van der Waals surface area contributed by atoms with Crippen LogP contribution in [0.15, 0.2) is 35.1 Å². The summed E-state index contributed by atoms with van der Waals surface area (Å²) in [7, 11) is 1.68. The first-order valence-corrected chi connectivity index (χ1v) is 10.00. The Bertz CT molecular complexity index is 931. The number of guanidine groups is 1. The third-order valence-corrected chi connectivity index (χ3v) is 5.94. The fourth-order valence-corrected chi connectivity index (χ4v) is 4.17. The van der Waals surface area contributed by atoms with Crippen molar-refractivity contribution in [1.82, 2.24) is 14.7 Å². The number of halogens is 1. The lowest BCUT2D eigenvalue weighted by atomic mass is 10.1. The molecule has 2 unspecified atom stereocenters. The van der Waals surface area contributed by atoms with Crippen molar-refractivity contribution in [3.05, 3.63) is 40.7 Å². The van der Waals surface area contributed by atoms with Gasteiger partial charge in [0.2, 0.25) is 5.96 Å². The van der Waals surface area contributed by atoms with Gasteiger partial charge in [-0.1, -0.05) is 17.7 Å². The average molecular weight is 418 g/mol. The molecule has 3 amide bonds. The van der Waals surface area contributed by atoms with E-state index in [2.05, 4.69) is 0 Å². The molecular weight excluding hydrogens is 394 g/mol. The second-order valence-corrected chi connectivity index (χ2v) is 7.67. The van der Waals surface area contributed by atoms with Crippen molar-refractivity contribution in [3.63, 3.8) is 0 Å². The summed E-state index contributed by atoms with van der Waals surface area (Å²) in [6, 6.07) is 4.76. The highest BCUT2D eigenvalue weighted by molar-refractivity contribution is 6.32. The smallest absolute Gasteiger partial charge is 0.328 e. The third kappa shape index (κ3) is 2.98. The maximum atomic E-state index is 13.2. The zero-order valence-electron chi connectivity index (χ0n) is 16.9. The van der Waals surface area contributed by atoms with Crippen LogP contribution in [-0.4, -0.2) is 71.6 Å². The predicted octanol–water partition coefficient (Wildman–Crippen LogP) is 2.63. The Hall–Kier alpha value is -2.58. The summed E-state index contributed by atoms with van der Waals surface area (Å²) in [6.07, 6.45) is 1.34. The van der Waals surface area contributed by atoms with Gasteiger partial charge >= 0.3 is 6.03 Å². The molecule has 29 heavy (non-hydrogen) atoms. The quantitative estimate of drug-likeness (QED) is 0.689. The molecule has 0 radical (unpaired) electrons. The number of aliphatic imine (C=N–C) groups is 1. The van der Waals surface area contributed by atoms with Crippen LogP contribution in [0.3, 0.4) is 0 Å². The normalized spacial score (nSPS) is 23.5. The van der Waals surface area contributed by atoms with Gasteiger partial charge in [0.15, 0.2) is 12.2 Å². The highest BCUT2D eigenvalue weighted by Gasteiger charge is 2.54. The van der Waals surface area contributed by atoms with E-state index in [1.54, 1.807) is 7.05 Å². The largest absolute Gasteiger partial charge is 0.380 e. The van der Waals surface area contributed by atoms with Gasteiger partial charge in [-0.15, -0.1) is 0 Å². The number of imide groups is 1. The van der Waals surface area contributed by atoms with Crippen molar-refractivity contribution in [3.8, 4) is 0 Å². The van der Waals surface area contributed by atoms with E-state index in [-0.39, 0.29) is 18.5 Å². The number of anilines is 1. The molecule has 9 heteroatoms. The first-order chi connectivity index (χ1) is 13.9. The van der Waals surface area contributed by atoms with Crippen LogP contribution in [0.1, 0.15) is 19.4 Å². The Labute approximate surface area is 175 Å². The molecule has 4 rings (SSSR count). The minimum Gasteiger partial charge on any atom is -0.380 e. The Morgan fingerprint density at radius 3 is 2.72 bits per heavy atom. The van der Waals surface area contributed by atoms with Gasteiger partial charge in [0.05, 0.1) is 18.8 Å². The number of ether oxygens (including phenoxy) is 1. The van der Waals surface area contributed by atoms with Crippen molar-refractivity contribution in [2.24, 2.45) is 4.99 Å². The van der Waals surface area contributed by atoms with Crippen LogP contribution in [0.2, 0.25) is 5.02 Å². The molecular formula is C20H24ClN5O3. The lowest BCUT2D eigenvalue weighted by molar-refractivity contribution is -0.137. The van der Waals surface area contributed by atoms with Crippen molar-refractivity contribution in [2.75, 3.05) is 31.7 Å². The number of benzene rings is 1. The van der Waals surface area contributed by atoms with Gasteiger partial charge in [-0.3, -0.25) is 14.6 Å². The lowest BCUT2D eigenvalue weighted by Crippen LogP contribution is -2.64. The number of rotatable bonds is 5. The summed E-state index contributed by atoms with van der Waals surface area (Å²) in [5.74, 6) is 0.368. The van der Waals surface area contributed by atoms with Gasteiger partial charge in [0.25, 0.3) is 5.91 Å². The van der Waals surface area contributed by atoms with Crippen LogP contribution in [0.4, 0.5) is 10.5 Å². The van der Waals surface area contributed by atoms with E-state index in [1.165, 1.54) is 9.80 Å². The number of carbonyl (C=O) groups is 2. The summed E-state index contributed by atoms with van der Waals surface area (Å²) in [6.45, 7) is 6.87. The molecule has 0 N–H and O–H groups in total. The average Bonchev–Trinajstić information content (AvgIpc) is 3.20. The van der Waals surface area contributed by atoms with Gasteiger partial charge in [0.1, 0.15) is 0 Å². The van der Waals surface area contributed by atoms with Crippen LogP contribution in [0.25, 0.3) is 0 Å². The number of nitrogens with zero attached hydrogens (tertiary/aromatic N) is 5. The first kappa shape index (κ1) is 19.7. The highest BCUT2D eigenvalue weighted by Crippen LogP contribution is 2.38. The molecule has 3 aliphatic rings. The predicted molar refractivity (Wildman–Crippen MR) is 111 cm³/mol. The summed E-state index contributed by atoms with van der Waals surface area (Å²) in [5, 5.41) is 0.662. The molecule has 1 saturated heterocycles. The lowest BCUT2D eigenvalue weighted by Gasteiger charge is -2.40. The SMILES string of the molecule is CCOCCN1C(=O)C2C(N=C3N(c4cccc(Cl)c4C)C(C)=CN32)N(C)C1=O. The maximum Gasteiger partial charge on any atom is 0.328 e. The number of hydrogen-bond donors (Lipinski definition) is 0. The monoisotopic (exact) mass is 417 g/mol. The van der Waals surface area contributed by atoms with E-state index in [0.29, 0.717) is 24.2 Å². The van der Waals surface area contributed by atoms with E-state index >= 15 is 0 Å². The highest BCUT2D eigenvalue weighted by atomic mass is 35.5. The molecule has 0 bridgehead atoms. The van der Waals surface area contributed by atoms with Crippen LogP contribution in [-0.2, 0) is 9.53 Å². The number of fused-ring (bicyclic) bond motifs is 3. The molecule has 1 fully saturated rings. The zero-order valence-corrected chi connectivity index (χ0v) is 17.7. The second kappa shape index (κ2) is 7.35.